The molecule has 14 heavy (non-hydrogen) atoms. The van der Waals surface area contributed by atoms with Gasteiger partial charge in [0.25, 0.3) is 0 Å². The molecule has 0 aromatic carbocycles. The maximum Gasteiger partial charge on any atom is 0.411 e. The quantitative estimate of drug-likeness (QED) is 0.701. The van der Waals surface area contributed by atoms with Crippen molar-refractivity contribution >= 4 is 6.09 Å². The summed E-state index contributed by atoms with van der Waals surface area (Å²) < 4.78 is 10.6. The van der Waals surface area contributed by atoms with Crippen molar-refractivity contribution in [2.45, 2.75) is 45.9 Å². The number of nitrogens with zero attached hydrogens (tertiary/aromatic N) is 1. The van der Waals surface area contributed by atoms with Gasteiger partial charge in [0.05, 0.1) is 12.7 Å². The standard InChI is InChI=1S/C10H19NO3/c1-4-13-10(12)11-7-5-6-9(11)14-8(2)3/h8-9H,4-7H2,1-3H3. The molecule has 4 heteroatoms. The Morgan fingerprint density at radius 3 is 2.86 bits per heavy atom. The van der Waals surface area contributed by atoms with Crippen molar-refractivity contribution in [3.8, 4) is 0 Å². The van der Waals surface area contributed by atoms with E-state index >= 15 is 0 Å². The first-order valence-electron chi connectivity index (χ1n) is 5.24. The van der Waals surface area contributed by atoms with Crippen LogP contribution in [0.25, 0.3) is 0 Å². The van der Waals surface area contributed by atoms with Gasteiger partial charge >= 0.3 is 6.09 Å². The van der Waals surface area contributed by atoms with E-state index in [0.717, 1.165) is 19.4 Å². The van der Waals surface area contributed by atoms with E-state index in [1.165, 1.54) is 0 Å². The zero-order valence-corrected chi connectivity index (χ0v) is 9.16. The van der Waals surface area contributed by atoms with Gasteiger partial charge in [0, 0.05) is 6.54 Å². The van der Waals surface area contributed by atoms with Crippen molar-refractivity contribution in [1.82, 2.24) is 4.90 Å². The van der Waals surface area contributed by atoms with Crippen LogP contribution in [0, 0.1) is 0 Å². The molecule has 4 nitrogen and oxygen atoms in total. The lowest BCUT2D eigenvalue weighted by molar-refractivity contribution is -0.0606. The van der Waals surface area contributed by atoms with Crippen LogP contribution < -0.4 is 0 Å². The second-order valence-corrected chi connectivity index (χ2v) is 3.67. The SMILES string of the molecule is CCOC(=O)N1CCCC1OC(C)C. The summed E-state index contributed by atoms with van der Waals surface area (Å²) in [4.78, 5) is 13.1. The van der Waals surface area contributed by atoms with Gasteiger partial charge in [0.1, 0.15) is 6.23 Å². The molecule has 1 amide bonds. The summed E-state index contributed by atoms with van der Waals surface area (Å²) in [7, 11) is 0. The third-order valence-corrected chi connectivity index (χ3v) is 2.13. The third kappa shape index (κ3) is 2.87. The van der Waals surface area contributed by atoms with Crippen LogP contribution in [0.2, 0.25) is 0 Å². The van der Waals surface area contributed by atoms with Crippen LogP contribution in [0.15, 0.2) is 0 Å². The average Bonchev–Trinajstić information content (AvgIpc) is 2.51. The Kier molecular flexibility index (Phi) is 4.20. The molecule has 1 unspecified atom stereocenters. The van der Waals surface area contributed by atoms with Crippen LogP contribution in [0.1, 0.15) is 33.6 Å². The van der Waals surface area contributed by atoms with E-state index in [4.69, 9.17) is 9.47 Å². The van der Waals surface area contributed by atoms with Gasteiger partial charge in [0.2, 0.25) is 0 Å². The molecule has 1 fully saturated rings. The van der Waals surface area contributed by atoms with Gasteiger partial charge in [-0.25, -0.2) is 4.79 Å². The Balaban J connectivity index is 2.46. The lowest BCUT2D eigenvalue weighted by atomic mass is 10.3. The first kappa shape index (κ1) is 11.3. The second kappa shape index (κ2) is 5.20. The highest BCUT2D eigenvalue weighted by Crippen LogP contribution is 2.20. The lowest BCUT2D eigenvalue weighted by Crippen LogP contribution is -2.38. The number of ether oxygens (including phenoxy) is 2. The minimum absolute atomic E-state index is 0.0888. The van der Waals surface area contributed by atoms with Crippen molar-refractivity contribution in [1.29, 1.82) is 0 Å². The first-order valence-corrected chi connectivity index (χ1v) is 5.24. The second-order valence-electron chi connectivity index (χ2n) is 3.67. The predicted octanol–water partition coefficient (Wildman–Crippen LogP) is 1.99. The molecule has 1 aliphatic rings. The number of carbonyl (C=O) groups excluding carboxylic acids is 1. The van der Waals surface area contributed by atoms with E-state index < -0.39 is 0 Å². The average molecular weight is 201 g/mol. The maximum absolute atomic E-state index is 11.5. The Morgan fingerprint density at radius 2 is 2.29 bits per heavy atom. The zero-order chi connectivity index (χ0) is 10.6. The number of likely N-dealkylation sites (tertiary alicyclic amines) is 1. The number of rotatable bonds is 3. The topological polar surface area (TPSA) is 38.8 Å². The van der Waals surface area contributed by atoms with Gasteiger partial charge in [-0.05, 0) is 33.6 Å². The van der Waals surface area contributed by atoms with Crippen molar-refractivity contribution in [2.24, 2.45) is 0 Å². The Bertz CT molecular complexity index is 194. The van der Waals surface area contributed by atoms with Crippen LogP contribution in [0.3, 0.4) is 0 Å². The molecule has 0 aromatic heterocycles. The molecule has 0 saturated carbocycles. The summed E-state index contributed by atoms with van der Waals surface area (Å²) in [5, 5.41) is 0. The van der Waals surface area contributed by atoms with E-state index in [1.54, 1.807) is 4.90 Å². The van der Waals surface area contributed by atoms with Gasteiger partial charge in [0.15, 0.2) is 0 Å². The highest BCUT2D eigenvalue weighted by atomic mass is 16.6. The molecule has 1 heterocycles. The monoisotopic (exact) mass is 201 g/mol. The summed E-state index contributed by atoms with van der Waals surface area (Å²) >= 11 is 0. The Morgan fingerprint density at radius 1 is 1.57 bits per heavy atom. The molecule has 0 N–H and O–H groups in total. The van der Waals surface area contributed by atoms with E-state index in [-0.39, 0.29) is 18.4 Å². The molecule has 0 bridgehead atoms. The van der Waals surface area contributed by atoms with E-state index in [2.05, 4.69) is 0 Å². The summed E-state index contributed by atoms with van der Waals surface area (Å²) in [6, 6.07) is 0. The molecule has 1 rings (SSSR count). The molecule has 0 aliphatic carbocycles. The van der Waals surface area contributed by atoms with E-state index in [9.17, 15) is 4.79 Å². The molecule has 1 saturated heterocycles. The van der Waals surface area contributed by atoms with Gasteiger partial charge in [-0.2, -0.15) is 0 Å². The van der Waals surface area contributed by atoms with Crippen molar-refractivity contribution in [3.05, 3.63) is 0 Å². The normalized spacial score (nSPS) is 21.7. The third-order valence-electron chi connectivity index (χ3n) is 2.13. The molecular weight excluding hydrogens is 182 g/mol. The fourth-order valence-electron chi connectivity index (χ4n) is 1.61. The first-order chi connectivity index (χ1) is 6.65. The largest absolute Gasteiger partial charge is 0.450 e. The summed E-state index contributed by atoms with van der Waals surface area (Å²) in [6.45, 7) is 6.93. The number of hydrogen-bond acceptors (Lipinski definition) is 3. The van der Waals surface area contributed by atoms with Crippen LogP contribution in [0.4, 0.5) is 4.79 Å². The maximum atomic E-state index is 11.5. The number of hydrogen-bond donors (Lipinski definition) is 0. The van der Waals surface area contributed by atoms with Crippen LogP contribution in [0.5, 0.6) is 0 Å². The van der Waals surface area contributed by atoms with Crippen molar-refractivity contribution in [2.75, 3.05) is 13.2 Å². The summed E-state index contributed by atoms with van der Waals surface area (Å²) in [5.74, 6) is 0. The van der Waals surface area contributed by atoms with Crippen LogP contribution in [-0.4, -0.2) is 36.5 Å². The molecular formula is C10H19NO3. The smallest absolute Gasteiger partial charge is 0.411 e. The summed E-state index contributed by atoms with van der Waals surface area (Å²) in [5.41, 5.74) is 0. The molecule has 0 aromatic rings. The predicted molar refractivity (Wildman–Crippen MR) is 53.0 cm³/mol. The fourth-order valence-corrected chi connectivity index (χ4v) is 1.61. The minimum Gasteiger partial charge on any atom is -0.450 e. The Hall–Kier alpha value is -0.770. The van der Waals surface area contributed by atoms with Gasteiger partial charge in [-0.15, -0.1) is 0 Å². The van der Waals surface area contributed by atoms with E-state index in [1.807, 2.05) is 20.8 Å². The molecule has 82 valence electrons. The minimum atomic E-state index is -0.254. The van der Waals surface area contributed by atoms with Crippen LogP contribution in [-0.2, 0) is 9.47 Å². The highest BCUT2D eigenvalue weighted by molar-refractivity contribution is 5.68. The van der Waals surface area contributed by atoms with Crippen molar-refractivity contribution < 1.29 is 14.3 Å². The summed E-state index contributed by atoms with van der Waals surface area (Å²) in [6.07, 6.45) is 1.72. The van der Waals surface area contributed by atoms with Gasteiger partial charge in [-0.1, -0.05) is 0 Å². The van der Waals surface area contributed by atoms with E-state index in [0.29, 0.717) is 6.61 Å². The molecule has 0 radical (unpaired) electrons. The van der Waals surface area contributed by atoms with Gasteiger partial charge < -0.3 is 9.47 Å². The Labute approximate surface area is 85.2 Å². The van der Waals surface area contributed by atoms with Crippen LogP contribution >= 0.6 is 0 Å². The van der Waals surface area contributed by atoms with Crippen molar-refractivity contribution in [3.63, 3.8) is 0 Å². The van der Waals surface area contributed by atoms with Gasteiger partial charge in [-0.3, -0.25) is 4.90 Å². The molecule has 1 atom stereocenters. The lowest BCUT2D eigenvalue weighted by Gasteiger charge is -2.25. The highest BCUT2D eigenvalue weighted by Gasteiger charge is 2.30. The number of amides is 1. The molecule has 1 aliphatic heterocycles. The molecule has 0 spiro atoms. The number of carbonyl (C=O) groups is 1. The fraction of sp³-hybridized carbons (Fsp3) is 0.900. The zero-order valence-electron chi connectivity index (χ0n) is 9.16.